The highest BCUT2D eigenvalue weighted by atomic mass is 16.5. The predicted octanol–water partition coefficient (Wildman–Crippen LogP) is 1.54. The maximum atomic E-state index is 13.1. The Morgan fingerprint density at radius 2 is 2.16 bits per heavy atom. The summed E-state index contributed by atoms with van der Waals surface area (Å²) in [6, 6.07) is 0. The molecule has 0 bridgehead atoms. The number of carbonyl (C=O) groups is 2. The maximum absolute atomic E-state index is 13.1. The summed E-state index contributed by atoms with van der Waals surface area (Å²) in [7, 11) is 0. The van der Waals surface area contributed by atoms with Crippen LogP contribution in [0.3, 0.4) is 0 Å². The van der Waals surface area contributed by atoms with Crippen molar-refractivity contribution < 1.29 is 18.8 Å². The summed E-state index contributed by atoms with van der Waals surface area (Å²) in [5.74, 6) is 1.20. The largest absolute Gasteiger partial charge is 0.379 e. The fourth-order valence-corrected chi connectivity index (χ4v) is 4.06. The molecule has 3 heterocycles. The zero-order chi connectivity index (χ0) is 17.6. The molecule has 4 rings (SSSR count). The first kappa shape index (κ1) is 16.6. The average molecular weight is 347 g/mol. The van der Waals surface area contributed by atoms with E-state index in [9.17, 15) is 9.59 Å². The van der Waals surface area contributed by atoms with E-state index in [4.69, 9.17) is 9.26 Å². The summed E-state index contributed by atoms with van der Waals surface area (Å²) in [6.07, 6.45) is 3.55. The molecule has 2 amide bonds. The van der Waals surface area contributed by atoms with Crippen LogP contribution in [0, 0.1) is 19.8 Å². The molecule has 1 aliphatic carbocycles. The summed E-state index contributed by atoms with van der Waals surface area (Å²) in [6.45, 7) is 6.44. The Morgan fingerprint density at radius 1 is 1.36 bits per heavy atom. The van der Waals surface area contributed by atoms with E-state index in [0.717, 1.165) is 13.0 Å². The normalized spacial score (nSPS) is 27.2. The van der Waals surface area contributed by atoms with Gasteiger partial charge in [-0.15, -0.1) is 0 Å². The number of rotatable bonds is 3. The molecular weight excluding hydrogens is 322 g/mol. The Bertz CT molecular complexity index is 669. The molecule has 1 spiro atoms. The topological polar surface area (TPSA) is 75.9 Å². The summed E-state index contributed by atoms with van der Waals surface area (Å²) < 4.78 is 10.8. The van der Waals surface area contributed by atoms with Crippen LogP contribution in [-0.2, 0) is 9.53 Å². The van der Waals surface area contributed by atoms with Gasteiger partial charge in [0.2, 0.25) is 5.91 Å². The standard InChI is InChI=1S/C18H25N3O4/c1-12-16(13(2)25-19-12)17(23)20-7-5-15(22)21(9-14-3-4-14)18(10-20)6-8-24-11-18/h14H,3-11H2,1-2H3. The van der Waals surface area contributed by atoms with Crippen LogP contribution >= 0.6 is 0 Å². The number of aryl methyl sites for hydroxylation is 2. The lowest BCUT2D eigenvalue weighted by atomic mass is 9.94. The fraction of sp³-hybridized carbons (Fsp3) is 0.722. The average Bonchev–Trinajstić information content (AvgIpc) is 3.22. The molecular formula is C18H25N3O4. The first-order valence-corrected chi connectivity index (χ1v) is 9.10. The second kappa shape index (κ2) is 6.12. The van der Waals surface area contributed by atoms with Gasteiger partial charge in [0.1, 0.15) is 11.3 Å². The molecule has 3 aliphatic rings. The summed E-state index contributed by atoms with van der Waals surface area (Å²) in [4.78, 5) is 29.8. The van der Waals surface area contributed by atoms with Crippen LogP contribution in [0.2, 0.25) is 0 Å². The third kappa shape index (κ3) is 2.94. The van der Waals surface area contributed by atoms with Crippen LogP contribution in [0.4, 0.5) is 0 Å². The second-order valence-electron chi connectivity index (χ2n) is 7.65. The van der Waals surface area contributed by atoms with Crippen LogP contribution < -0.4 is 0 Å². The van der Waals surface area contributed by atoms with Crippen molar-refractivity contribution in [2.45, 2.75) is 45.1 Å². The van der Waals surface area contributed by atoms with Crippen molar-refractivity contribution in [1.82, 2.24) is 15.0 Å². The maximum Gasteiger partial charge on any atom is 0.259 e. The van der Waals surface area contributed by atoms with E-state index in [1.165, 1.54) is 12.8 Å². The van der Waals surface area contributed by atoms with Crippen LogP contribution in [0.25, 0.3) is 0 Å². The van der Waals surface area contributed by atoms with Gasteiger partial charge in [0.05, 0.1) is 17.8 Å². The quantitative estimate of drug-likeness (QED) is 0.829. The molecule has 0 radical (unpaired) electrons. The van der Waals surface area contributed by atoms with Gasteiger partial charge in [-0.25, -0.2) is 0 Å². The van der Waals surface area contributed by atoms with Crippen LogP contribution in [0.5, 0.6) is 0 Å². The molecule has 1 aromatic heterocycles. The first-order valence-electron chi connectivity index (χ1n) is 9.10. The van der Waals surface area contributed by atoms with Gasteiger partial charge in [0, 0.05) is 32.7 Å². The molecule has 2 aliphatic heterocycles. The Kier molecular flexibility index (Phi) is 4.06. The van der Waals surface area contributed by atoms with Gasteiger partial charge in [-0.3, -0.25) is 9.59 Å². The summed E-state index contributed by atoms with van der Waals surface area (Å²) in [5, 5.41) is 3.90. The third-order valence-corrected chi connectivity index (χ3v) is 5.71. The number of carbonyl (C=O) groups excluding carboxylic acids is 2. The number of amides is 2. The van der Waals surface area contributed by atoms with Gasteiger partial charge >= 0.3 is 0 Å². The minimum absolute atomic E-state index is 0.0939. The molecule has 0 N–H and O–H groups in total. The van der Waals surface area contributed by atoms with Crippen LogP contribution in [0.15, 0.2) is 4.52 Å². The number of hydrogen-bond acceptors (Lipinski definition) is 5. The van der Waals surface area contributed by atoms with E-state index in [1.54, 1.807) is 18.7 Å². The summed E-state index contributed by atoms with van der Waals surface area (Å²) >= 11 is 0. The minimum Gasteiger partial charge on any atom is -0.379 e. The number of hydrogen-bond donors (Lipinski definition) is 0. The van der Waals surface area contributed by atoms with E-state index in [2.05, 4.69) is 5.16 Å². The molecule has 1 aromatic rings. The number of ether oxygens (including phenoxy) is 1. The molecule has 7 nitrogen and oxygen atoms in total. The van der Waals surface area contributed by atoms with Gasteiger partial charge in [-0.05, 0) is 39.0 Å². The van der Waals surface area contributed by atoms with Crippen molar-refractivity contribution in [3.63, 3.8) is 0 Å². The number of nitrogens with zero attached hydrogens (tertiary/aromatic N) is 3. The lowest BCUT2D eigenvalue weighted by Gasteiger charge is -2.40. The molecule has 1 unspecified atom stereocenters. The molecule has 2 saturated heterocycles. The van der Waals surface area contributed by atoms with E-state index in [-0.39, 0.29) is 17.4 Å². The molecule has 136 valence electrons. The van der Waals surface area contributed by atoms with Gasteiger partial charge in [0.25, 0.3) is 5.91 Å². The van der Waals surface area contributed by atoms with Crippen molar-refractivity contribution in [2.75, 3.05) is 32.8 Å². The highest BCUT2D eigenvalue weighted by molar-refractivity contribution is 5.96. The van der Waals surface area contributed by atoms with Gasteiger partial charge < -0.3 is 19.1 Å². The Morgan fingerprint density at radius 3 is 2.76 bits per heavy atom. The van der Waals surface area contributed by atoms with Crippen molar-refractivity contribution in [1.29, 1.82) is 0 Å². The Labute approximate surface area is 147 Å². The van der Waals surface area contributed by atoms with Crippen molar-refractivity contribution in [3.05, 3.63) is 17.0 Å². The zero-order valence-electron chi connectivity index (χ0n) is 14.9. The van der Waals surface area contributed by atoms with E-state index >= 15 is 0 Å². The zero-order valence-corrected chi connectivity index (χ0v) is 14.9. The number of aromatic nitrogens is 1. The van der Waals surface area contributed by atoms with Crippen LogP contribution in [0.1, 0.15) is 47.5 Å². The van der Waals surface area contributed by atoms with Crippen molar-refractivity contribution in [2.24, 2.45) is 5.92 Å². The monoisotopic (exact) mass is 347 g/mol. The molecule has 7 heteroatoms. The molecule has 1 atom stereocenters. The third-order valence-electron chi connectivity index (χ3n) is 5.71. The molecule has 3 fully saturated rings. The smallest absolute Gasteiger partial charge is 0.259 e. The lowest BCUT2D eigenvalue weighted by molar-refractivity contribution is -0.136. The van der Waals surface area contributed by atoms with Crippen LogP contribution in [-0.4, -0.2) is 65.2 Å². The van der Waals surface area contributed by atoms with Gasteiger partial charge in [-0.1, -0.05) is 5.16 Å². The molecule has 0 aromatic carbocycles. The first-order chi connectivity index (χ1) is 12.0. The Hall–Kier alpha value is -1.89. The lowest BCUT2D eigenvalue weighted by Crippen LogP contribution is -2.57. The predicted molar refractivity (Wildman–Crippen MR) is 89.1 cm³/mol. The van der Waals surface area contributed by atoms with Gasteiger partial charge in [-0.2, -0.15) is 0 Å². The van der Waals surface area contributed by atoms with Crippen molar-refractivity contribution >= 4 is 11.8 Å². The minimum atomic E-state index is -0.384. The highest BCUT2D eigenvalue weighted by Crippen LogP contribution is 2.37. The molecule has 1 saturated carbocycles. The fourth-order valence-electron chi connectivity index (χ4n) is 4.06. The Balaban J connectivity index is 1.63. The SMILES string of the molecule is Cc1noc(C)c1C(=O)N1CCC(=O)N(CC2CC2)C2(CCOC2)C1. The van der Waals surface area contributed by atoms with E-state index < -0.39 is 0 Å². The van der Waals surface area contributed by atoms with Gasteiger partial charge in [0.15, 0.2) is 0 Å². The highest BCUT2D eigenvalue weighted by Gasteiger charge is 2.48. The molecule has 25 heavy (non-hydrogen) atoms. The summed E-state index contributed by atoms with van der Waals surface area (Å²) in [5.41, 5.74) is 0.743. The van der Waals surface area contributed by atoms with E-state index in [0.29, 0.717) is 55.7 Å². The van der Waals surface area contributed by atoms with E-state index in [1.807, 2.05) is 4.90 Å². The van der Waals surface area contributed by atoms with Crippen molar-refractivity contribution in [3.8, 4) is 0 Å². The second-order valence-corrected chi connectivity index (χ2v) is 7.65.